The highest BCUT2D eigenvalue weighted by molar-refractivity contribution is 5.92. The molecule has 0 atom stereocenters. The predicted molar refractivity (Wildman–Crippen MR) is 45.9 cm³/mol. The third-order valence-corrected chi connectivity index (χ3v) is 1.70. The minimum absolute atomic E-state index is 0.168. The van der Waals surface area contributed by atoms with Gasteiger partial charge in [0.25, 0.3) is 5.91 Å². The Balaban J connectivity index is 3.21. The molecule has 0 saturated carbocycles. The molecule has 0 radical (unpaired) electrons. The van der Waals surface area contributed by atoms with Gasteiger partial charge in [0.1, 0.15) is 5.69 Å². The summed E-state index contributed by atoms with van der Waals surface area (Å²) in [7, 11) is 0. The number of hydrogen-bond acceptors (Lipinski definition) is 2. The molecule has 66 valence electrons. The first-order valence-electron chi connectivity index (χ1n) is 3.88. The standard InChI is InChI=1S/C8H13N3O/c1-5(2)11-7(8(9)12)6(3)4-10-11/h4-5H,1-3H3,(H2,9,12). The van der Waals surface area contributed by atoms with Crippen molar-refractivity contribution < 1.29 is 4.79 Å². The van der Waals surface area contributed by atoms with Gasteiger partial charge in [0.15, 0.2) is 0 Å². The highest BCUT2D eigenvalue weighted by atomic mass is 16.1. The molecular formula is C8H13N3O. The van der Waals surface area contributed by atoms with Crippen LogP contribution in [0.2, 0.25) is 0 Å². The largest absolute Gasteiger partial charge is 0.364 e. The van der Waals surface area contributed by atoms with E-state index in [2.05, 4.69) is 5.10 Å². The summed E-state index contributed by atoms with van der Waals surface area (Å²) in [6.07, 6.45) is 1.65. The van der Waals surface area contributed by atoms with Gasteiger partial charge >= 0.3 is 0 Å². The number of carbonyl (C=O) groups excluding carboxylic acids is 1. The summed E-state index contributed by atoms with van der Waals surface area (Å²) in [5.41, 5.74) is 6.53. The molecule has 0 aliphatic carbocycles. The molecule has 1 heterocycles. The second-order valence-corrected chi connectivity index (χ2v) is 3.08. The van der Waals surface area contributed by atoms with Crippen LogP contribution in [0.25, 0.3) is 0 Å². The molecule has 1 aromatic rings. The first kappa shape index (κ1) is 8.77. The molecule has 12 heavy (non-hydrogen) atoms. The van der Waals surface area contributed by atoms with Gasteiger partial charge in [-0.3, -0.25) is 9.48 Å². The lowest BCUT2D eigenvalue weighted by Crippen LogP contribution is -2.19. The van der Waals surface area contributed by atoms with Gasteiger partial charge in [-0.15, -0.1) is 0 Å². The van der Waals surface area contributed by atoms with Crippen LogP contribution in [0.3, 0.4) is 0 Å². The predicted octanol–water partition coefficient (Wildman–Crippen LogP) is 0.871. The van der Waals surface area contributed by atoms with E-state index in [0.29, 0.717) is 5.69 Å². The van der Waals surface area contributed by atoms with Gasteiger partial charge in [-0.2, -0.15) is 5.10 Å². The molecule has 0 aromatic carbocycles. The van der Waals surface area contributed by atoms with Crippen molar-refractivity contribution in [3.05, 3.63) is 17.5 Å². The summed E-state index contributed by atoms with van der Waals surface area (Å²) in [6, 6.07) is 0.168. The van der Waals surface area contributed by atoms with Gasteiger partial charge in [0.2, 0.25) is 0 Å². The molecule has 0 aliphatic heterocycles. The lowest BCUT2D eigenvalue weighted by Gasteiger charge is -2.08. The number of amides is 1. The van der Waals surface area contributed by atoms with Gasteiger partial charge < -0.3 is 5.73 Å². The van der Waals surface area contributed by atoms with Gasteiger partial charge in [0.05, 0.1) is 6.20 Å². The number of nitrogens with two attached hydrogens (primary N) is 1. The second kappa shape index (κ2) is 2.97. The van der Waals surface area contributed by atoms with Crippen molar-refractivity contribution in [2.45, 2.75) is 26.8 Å². The van der Waals surface area contributed by atoms with E-state index in [-0.39, 0.29) is 6.04 Å². The van der Waals surface area contributed by atoms with Crippen molar-refractivity contribution in [1.82, 2.24) is 9.78 Å². The van der Waals surface area contributed by atoms with E-state index in [1.165, 1.54) is 0 Å². The number of rotatable bonds is 2. The number of hydrogen-bond donors (Lipinski definition) is 1. The van der Waals surface area contributed by atoms with Crippen LogP contribution in [0.5, 0.6) is 0 Å². The Labute approximate surface area is 71.4 Å². The molecule has 1 amide bonds. The van der Waals surface area contributed by atoms with E-state index in [1.54, 1.807) is 10.9 Å². The Morgan fingerprint density at radius 1 is 1.67 bits per heavy atom. The van der Waals surface area contributed by atoms with Gasteiger partial charge in [-0.1, -0.05) is 0 Å². The Morgan fingerprint density at radius 3 is 2.58 bits per heavy atom. The minimum Gasteiger partial charge on any atom is -0.364 e. The number of nitrogens with zero attached hydrogens (tertiary/aromatic N) is 2. The lowest BCUT2D eigenvalue weighted by molar-refractivity contribution is 0.0987. The van der Waals surface area contributed by atoms with Gasteiger partial charge in [0, 0.05) is 6.04 Å². The van der Waals surface area contributed by atoms with E-state index in [1.807, 2.05) is 20.8 Å². The van der Waals surface area contributed by atoms with Crippen molar-refractivity contribution in [2.75, 3.05) is 0 Å². The minimum atomic E-state index is -0.418. The molecule has 0 unspecified atom stereocenters. The van der Waals surface area contributed by atoms with Crippen LogP contribution in [0.1, 0.15) is 35.9 Å². The zero-order chi connectivity index (χ0) is 9.30. The third kappa shape index (κ3) is 1.32. The molecule has 1 aromatic heterocycles. The summed E-state index contributed by atoms with van der Waals surface area (Å²) in [5, 5.41) is 4.05. The molecule has 4 heteroatoms. The fourth-order valence-corrected chi connectivity index (χ4v) is 1.15. The SMILES string of the molecule is Cc1cnn(C(C)C)c1C(N)=O. The van der Waals surface area contributed by atoms with Gasteiger partial charge in [-0.25, -0.2) is 0 Å². The summed E-state index contributed by atoms with van der Waals surface area (Å²) in [6.45, 7) is 5.74. The van der Waals surface area contributed by atoms with E-state index < -0.39 is 5.91 Å². The van der Waals surface area contributed by atoms with Crippen molar-refractivity contribution in [2.24, 2.45) is 5.73 Å². The van der Waals surface area contributed by atoms with Crippen molar-refractivity contribution in [3.63, 3.8) is 0 Å². The molecule has 0 aliphatic rings. The third-order valence-electron chi connectivity index (χ3n) is 1.70. The molecule has 4 nitrogen and oxygen atoms in total. The zero-order valence-electron chi connectivity index (χ0n) is 7.53. The molecular weight excluding hydrogens is 154 g/mol. The van der Waals surface area contributed by atoms with Crippen LogP contribution >= 0.6 is 0 Å². The van der Waals surface area contributed by atoms with Crippen molar-refractivity contribution >= 4 is 5.91 Å². The van der Waals surface area contributed by atoms with E-state index >= 15 is 0 Å². The fraction of sp³-hybridized carbons (Fsp3) is 0.500. The summed E-state index contributed by atoms with van der Waals surface area (Å²) in [5.74, 6) is -0.418. The molecule has 2 N–H and O–H groups in total. The lowest BCUT2D eigenvalue weighted by atomic mass is 10.2. The average molecular weight is 167 g/mol. The summed E-state index contributed by atoms with van der Waals surface area (Å²) >= 11 is 0. The van der Waals surface area contributed by atoms with E-state index in [0.717, 1.165) is 5.56 Å². The van der Waals surface area contributed by atoms with Gasteiger partial charge in [-0.05, 0) is 26.3 Å². The van der Waals surface area contributed by atoms with Crippen LogP contribution in [0.4, 0.5) is 0 Å². The number of aryl methyl sites for hydroxylation is 1. The van der Waals surface area contributed by atoms with Crippen molar-refractivity contribution in [1.29, 1.82) is 0 Å². The van der Waals surface area contributed by atoms with Crippen molar-refractivity contribution in [3.8, 4) is 0 Å². The first-order valence-corrected chi connectivity index (χ1v) is 3.88. The topological polar surface area (TPSA) is 60.9 Å². The zero-order valence-corrected chi connectivity index (χ0v) is 7.53. The highest BCUT2D eigenvalue weighted by Crippen LogP contribution is 2.11. The Kier molecular flexibility index (Phi) is 2.17. The Hall–Kier alpha value is -1.32. The first-order chi connectivity index (χ1) is 5.54. The molecule has 0 spiro atoms. The number of aromatic nitrogens is 2. The van der Waals surface area contributed by atoms with Crippen LogP contribution < -0.4 is 5.73 Å². The van der Waals surface area contributed by atoms with Crippen LogP contribution in [0.15, 0.2) is 6.20 Å². The maximum Gasteiger partial charge on any atom is 0.267 e. The number of primary amides is 1. The summed E-state index contributed by atoms with van der Waals surface area (Å²) < 4.78 is 1.64. The van der Waals surface area contributed by atoms with E-state index in [4.69, 9.17) is 5.73 Å². The summed E-state index contributed by atoms with van der Waals surface area (Å²) in [4.78, 5) is 11.0. The van der Waals surface area contributed by atoms with Crippen LogP contribution in [-0.2, 0) is 0 Å². The second-order valence-electron chi connectivity index (χ2n) is 3.08. The highest BCUT2D eigenvalue weighted by Gasteiger charge is 2.14. The molecule has 1 rings (SSSR count). The maximum absolute atomic E-state index is 11.0. The average Bonchev–Trinajstić information content (AvgIpc) is 2.30. The normalized spacial score (nSPS) is 10.7. The van der Waals surface area contributed by atoms with E-state index in [9.17, 15) is 4.79 Å². The molecule has 0 bridgehead atoms. The number of carbonyl (C=O) groups is 1. The molecule has 0 fully saturated rings. The Morgan fingerprint density at radius 2 is 2.25 bits per heavy atom. The maximum atomic E-state index is 11.0. The van der Waals surface area contributed by atoms with Crippen LogP contribution in [-0.4, -0.2) is 15.7 Å². The Bertz CT molecular complexity index is 301. The van der Waals surface area contributed by atoms with Crippen LogP contribution in [0, 0.1) is 6.92 Å². The fourth-order valence-electron chi connectivity index (χ4n) is 1.15. The smallest absolute Gasteiger partial charge is 0.267 e. The monoisotopic (exact) mass is 167 g/mol. The quantitative estimate of drug-likeness (QED) is 0.710. The molecule has 0 saturated heterocycles.